The molecule has 0 amide bonds. The quantitative estimate of drug-likeness (QED) is 0.535. The highest BCUT2D eigenvalue weighted by Crippen LogP contribution is 2.43. The second kappa shape index (κ2) is 7.69. The standard InChI is InChI=1S/C21H19Cl2NO5/c1-4-11-5-19(25)29-20-12(11)6-15(23)21-13(20)9-24(10-28-21)16-7-14(22)17(26-2)8-18(16)27-3/h5-8H,4,9-10H2,1-3H3. The first kappa shape index (κ1) is 19.7. The predicted molar refractivity (Wildman–Crippen MR) is 113 cm³/mol. The molecule has 0 spiro atoms. The summed E-state index contributed by atoms with van der Waals surface area (Å²) < 4.78 is 22.3. The van der Waals surface area contributed by atoms with Crippen LogP contribution in [0.1, 0.15) is 18.1 Å². The van der Waals surface area contributed by atoms with E-state index in [4.69, 9.17) is 41.8 Å². The molecule has 0 saturated heterocycles. The lowest BCUT2D eigenvalue weighted by Crippen LogP contribution is -2.32. The molecule has 8 heteroatoms. The van der Waals surface area contributed by atoms with Crippen LogP contribution >= 0.6 is 23.2 Å². The van der Waals surface area contributed by atoms with Gasteiger partial charge in [0.2, 0.25) is 0 Å². The van der Waals surface area contributed by atoms with Crippen LogP contribution in [0.25, 0.3) is 11.0 Å². The molecule has 1 aliphatic heterocycles. The molecule has 0 aliphatic carbocycles. The summed E-state index contributed by atoms with van der Waals surface area (Å²) in [4.78, 5) is 14.0. The summed E-state index contributed by atoms with van der Waals surface area (Å²) in [5.74, 6) is 1.61. The number of anilines is 1. The van der Waals surface area contributed by atoms with Gasteiger partial charge in [-0.2, -0.15) is 0 Å². The predicted octanol–water partition coefficient (Wildman–Crippen LogP) is 5.04. The molecule has 0 unspecified atom stereocenters. The van der Waals surface area contributed by atoms with E-state index in [0.29, 0.717) is 51.4 Å². The topological polar surface area (TPSA) is 61.1 Å². The van der Waals surface area contributed by atoms with Crippen LogP contribution in [-0.2, 0) is 13.0 Å². The summed E-state index contributed by atoms with van der Waals surface area (Å²) in [5, 5.41) is 1.74. The van der Waals surface area contributed by atoms with Gasteiger partial charge in [0.1, 0.15) is 22.8 Å². The monoisotopic (exact) mass is 435 g/mol. The van der Waals surface area contributed by atoms with Crippen molar-refractivity contribution in [3.63, 3.8) is 0 Å². The summed E-state index contributed by atoms with van der Waals surface area (Å²) in [6.07, 6.45) is 0.684. The van der Waals surface area contributed by atoms with Gasteiger partial charge in [-0.15, -0.1) is 0 Å². The minimum Gasteiger partial charge on any atom is -0.495 e. The number of fused-ring (bicyclic) bond motifs is 3. The largest absolute Gasteiger partial charge is 0.495 e. The first-order valence-corrected chi connectivity index (χ1v) is 9.79. The second-order valence-corrected chi connectivity index (χ2v) is 7.43. The number of ether oxygens (including phenoxy) is 3. The Morgan fingerprint density at radius 1 is 1.07 bits per heavy atom. The Kier molecular flexibility index (Phi) is 5.23. The minimum absolute atomic E-state index is 0.231. The normalized spacial score (nSPS) is 13.2. The second-order valence-electron chi connectivity index (χ2n) is 6.62. The van der Waals surface area contributed by atoms with Crippen molar-refractivity contribution in [2.45, 2.75) is 19.9 Å². The Balaban J connectivity index is 1.87. The third-order valence-corrected chi connectivity index (χ3v) is 5.59. The van der Waals surface area contributed by atoms with Gasteiger partial charge in [-0.25, -0.2) is 4.79 Å². The van der Waals surface area contributed by atoms with Crippen LogP contribution in [0.3, 0.4) is 0 Å². The summed E-state index contributed by atoms with van der Waals surface area (Å²) in [6.45, 7) is 2.62. The summed E-state index contributed by atoms with van der Waals surface area (Å²) in [7, 11) is 3.12. The molecule has 0 N–H and O–H groups in total. The molecule has 4 rings (SSSR count). The average Bonchev–Trinajstić information content (AvgIpc) is 2.73. The van der Waals surface area contributed by atoms with Crippen LogP contribution in [0.15, 0.2) is 33.5 Å². The third kappa shape index (κ3) is 3.36. The minimum atomic E-state index is -0.402. The van der Waals surface area contributed by atoms with E-state index in [2.05, 4.69) is 0 Å². The van der Waals surface area contributed by atoms with Crippen molar-refractivity contribution in [1.82, 2.24) is 0 Å². The average molecular weight is 436 g/mol. The van der Waals surface area contributed by atoms with Crippen LogP contribution in [-0.4, -0.2) is 21.0 Å². The lowest BCUT2D eigenvalue weighted by molar-refractivity contribution is 0.287. The van der Waals surface area contributed by atoms with Gasteiger partial charge in [-0.1, -0.05) is 30.1 Å². The molecule has 152 valence electrons. The molecule has 29 heavy (non-hydrogen) atoms. The molecular formula is C21H19Cl2NO5. The maximum absolute atomic E-state index is 12.1. The van der Waals surface area contributed by atoms with Crippen molar-refractivity contribution in [1.29, 1.82) is 0 Å². The molecule has 1 aliphatic rings. The van der Waals surface area contributed by atoms with Crippen molar-refractivity contribution in [3.8, 4) is 17.2 Å². The molecular weight excluding hydrogens is 417 g/mol. The van der Waals surface area contributed by atoms with Gasteiger partial charge in [-0.3, -0.25) is 0 Å². The van der Waals surface area contributed by atoms with E-state index in [1.54, 1.807) is 32.4 Å². The highest BCUT2D eigenvalue weighted by molar-refractivity contribution is 6.33. The summed E-state index contributed by atoms with van der Waals surface area (Å²) >= 11 is 12.8. The molecule has 1 aromatic heterocycles. The molecule has 0 radical (unpaired) electrons. The molecule has 2 heterocycles. The van der Waals surface area contributed by atoms with Crippen molar-refractivity contribution >= 4 is 39.9 Å². The van der Waals surface area contributed by atoms with E-state index in [1.165, 1.54) is 6.07 Å². The first-order valence-electron chi connectivity index (χ1n) is 9.04. The Hall–Kier alpha value is -2.57. The van der Waals surface area contributed by atoms with Crippen LogP contribution < -0.4 is 24.7 Å². The molecule has 0 saturated carbocycles. The zero-order valence-corrected chi connectivity index (χ0v) is 17.7. The highest BCUT2D eigenvalue weighted by atomic mass is 35.5. The Labute approximate surface area is 177 Å². The fourth-order valence-corrected chi connectivity index (χ4v) is 4.10. The van der Waals surface area contributed by atoms with Crippen LogP contribution in [0.2, 0.25) is 10.0 Å². The lowest BCUT2D eigenvalue weighted by atomic mass is 10.0. The zero-order valence-electron chi connectivity index (χ0n) is 16.2. The van der Waals surface area contributed by atoms with Gasteiger partial charge >= 0.3 is 5.63 Å². The molecule has 0 fully saturated rings. The fourth-order valence-electron chi connectivity index (χ4n) is 3.59. The maximum atomic E-state index is 12.1. The van der Waals surface area contributed by atoms with Gasteiger partial charge in [0.25, 0.3) is 0 Å². The number of halogens is 2. The van der Waals surface area contributed by atoms with Crippen molar-refractivity contribution in [2.24, 2.45) is 0 Å². The lowest BCUT2D eigenvalue weighted by Gasteiger charge is -2.32. The highest BCUT2D eigenvalue weighted by Gasteiger charge is 2.27. The zero-order chi connectivity index (χ0) is 20.7. The van der Waals surface area contributed by atoms with E-state index in [9.17, 15) is 4.79 Å². The number of benzene rings is 2. The number of hydrogen-bond donors (Lipinski definition) is 0. The molecule has 3 aromatic rings. The van der Waals surface area contributed by atoms with E-state index in [0.717, 1.165) is 16.6 Å². The van der Waals surface area contributed by atoms with E-state index in [-0.39, 0.29) is 6.73 Å². The molecule has 2 aromatic carbocycles. The van der Waals surface area contributed by atoms with Crippen molar-refractivity contribution in [2.75, 3.05) is 25.9 Å². The van der Waals surface area contributed by atoms with Gasteiger partial charge in [-0.05, 0) is 24.1 Å². The van der Waals surface area contributed by atoms with Gasteiger partial charge in [0.05, 0.1) is 42.1 Å². The van der Waals surface area contributed by atoms with E-state index in [1.807, 2.05) is 11.8 Å². The number of rotatable bonds is 4. The Morgan fingerprint density at radius 2 is 1.83 bits per heavy atom. The Morgan fingerprint density at radius 3 is 2.52 bits per heavy atom. The molecule has 0 bridgehead atoms. The van der Waals surface area contributed by atoms with Crippen molar-refractivity contribution < 1.29 is 18.6 Å². The summed E-state index contributed by atoms with van der Waals surface area (Å²) in [6, 6.07) is 6.77. The number of hydrogen-bond acceptors (Lipinski definition) is 6. The Bertz CT molecular complexity index is 1160. The summed E-state index contributed by atoms with van der Waals surface area (Å²) in [5.41, 5.74) is 2.40. The maximum Gasteiger partial charge on any atom is 0.336 e. The number of aryl methyl sites for hydroxylation is 1. The number of nitrogens with zero attached hydrogens (tertiary/aromatic N) is 1. The van der Waals surface area contributed by atoms with Gasteiger partial charge in [0, 0.05) is 17.5 Å². The first-order chi connectivity index (χ1) is 14.0. The molecule has 6 nitrogen and oxygen atoms in total. The third-order valence-electron chi connectivity index (χ3n) is 5.01. The van der Waals surface area contributed by atoms with Crippen LogP contribution in [0.4, 0.5) is 5.69 Å². The van der Waals surface area contributed by atoms with Gasteiger partial charge in [0.15, 0.2) is 6.73 Å². The van der Waals surface area contributed by atoms with Crippen LogP contribution in [0, 0.1) is 0 Å². The number of methoxy groups -OCH3 is 2. The smallest absolute Gasteiger partial charge is 0.336 e. The fraction of sp³-hybridized carbons (Fsp3) is 0.286. The molecule has 0 atom stereocenters. The van der Waals surface area contributed by atoms with E-state index >= 15 is 0 Å². The van der Waals surface area contributed by atoms with Crippen LogP contribution in [0.5, 0.6) is 17.2 Å². The van der Waals surface area contributed by atoms with Crippen molar-refractivity contribution in [3.05, 3.63) is 55.9 Å². The van der Waals surface area contributed by atoms with E-state index < -0.39 is 5.63 Å². The van der Waals surface area contributed by atoms with Gasteiger partial charge < -0.3 is 23.5 Å². The SMILES string of the molecule is CCc1cc(=O)oc2c3c(c(Cl)cc12)OCN(c1cc(Cl)c(OC)cc1OC)C3.